The lowest BCUT2D eigenvalue weighted by Gasteiger charge is -2.35. The number of nitrogens with zero attached hydrogens (tertiary/aromatic N) is 5. The number of rotatable bonds is 2. The van der Waals surface area contributed by atoms with E-state index in [-0.39, 0.29) is 24.0 Å². The van der Waals surface area contributed by atoms with Crippen LogP contribution in [0.4, 0.5) is 10.7 Å². The first-order valence-corrected chi connectivity index (χ1v) is 7.84. The highest BCUT2D eigenvalue weighted by atomic mass is 16.6. The maximum Gasteiger partial charge on any atom is 0.410 e. The maximum atomic E-state index is 12.2. The van der Waals surface area contributed by atoms with Gasteiger partial charge >= 0.3 is 6.09 Å². The first-order valence-electron chi connectivity index (χ1n) is 7.84. The van der Waals surface area contributed by atoms with Gasteiger partial charge in [-0.15, -0.1) is 0 Å². The standard InChI is InChI=1S/C15H22N6O3/c1-15(2,3)24-14(22)21-8-10-4-11(21)7-20(10)13-17-5-9(6-18-13)12(16)19-23/h5-6,10-11,23H,4,7-8H2,1-3H3,(H2,16,19). The third kappa shape index (κ3) is 3.06. The number of amidine groups is 1. The summed E-state index contributed by atoms with van der Waals surface area (Å²) in [5, 5.41) is 11.6. The average molecular weight is 334 g/mol. The van der Waals surface area contributed by atoms with Crippen LogP contribution in [0.2, 0.25) is 0 Å². The quantitative estimate of drug-likeness (QED) is 0.355. The second-order valence-electron chi connectivity index (χ2n) is 7.09. The van der Waals surface area contributed by atoms with Crippen molar-refractivity contribution in [3.8, 4) is 0 Å². The zero-order chi connectivity index (χ0) is 17.5. The number of carbonyl (C=O) groups excluding carboxylic acids is 1. The number of hydrogen-bond acceptors (Lipinski definition) is 7. The number of amides is 1. The van der Waals surface area contributed by atoms with Crippen LogP contribution in [0, 0.1) is 0 Å². The Labute approximate surface area is 140 Å². The Kier molecular flexibility index (Phi) is 3.94. The fourth-order valence-corrected chi connectivity index (χ4v) is 3.12. The third-order valence-electron chi connectivity index (χ3n) is 4.17. The molecule has 3 heterocycles. The van der Waals surface area contributed by atoms with Gasteiger partial charge in [-0.05, 0) is 27.2 Å². The van der Waals surface area contributed by atoms with Gasteiger partial charge in [-0.25, -0.2) is 14.8 Å². The number of likely N-dealkylation sites (tertiary alicyclic amines) is 1. The van der Waals surface area contributed by atoms with E-state index in [4.69, 9.17) is 15.7 Å². The minimum atomic E-state index is -0.494. The van der Waals surface area contributed by atoms with Crippen LogP contribution in [-0.2, 0) is 4.74 Å². The molecule has 0 saturated carbocycles. The lowest BCUT2D eigenvalue weighted by Crippen LogP contribution is -2.50. The van der Waals surface area contributed by atoms with E-state index in [1.807, 2.05) is 20.8 Å². The summed E-state index contributed by atoms with van der Waals surface area (Å²) in [6.45, 7) is 6.87. The molecule has 2 saturated heterocycles. The predicted molar refractivity (Wildman–Crippen MR) is 87.0 cm³/mol. The van der Waals surface area contributed by atoms with Gasteiger partial charge in [0.1, 0.15) is 5.60 Å². The minimum Gasteiger partial charge on any atom is -0.444 e. The van der Waals surface area contributed by atoms with Gasteiger partial charge in [0.05, 0.1) is 17.6 Å². The average Bonchev–Trinajstić information content (AvgIpc) is 3.13. The molecule has 2 aliphatic rings. The van der Waals surface area contributed by atoms with Gasteiger partial charge in [0.2, 0.25) is 5.95 Å². The molecule has 0 radical (unpaired) electrons. The van der Waals surface area contributed by atoms with Crippen LogP contribution in [0.5, 0.6) is 0 Å². The number of hydrogen-bond donors (Lipinski definition) is 2. The van der Waals surface area contributed by atoms with E-state index < -0.39 is 5.60 Å². The molecule has 2 unspecified atom stereocenters. The molecule has 1 amide bonds. The van der Waals surface area contributed by atoms with Crippen LogP contribution in [0.3, 0.4) is 0 Å². The lowest BCUT2D eigenvalue weighted by molar-refractivity contribution is 0.0214. The molecule has 0 aromatic carbocycles. The number of oxime groups is 1. The van der Waals surface area contributed by atoms with Crippen molar-refractivity contribution >= 4 is 17.9 Å². The van der Waals surface area contributed by atoms with Crippen LogP contribution in [0.25, 0.3) is 0 Å². The van der Waals surface area contributed by atoms with Crippen LogP contribution in [-0.4, -0.2) is 62.8 Å². The van der Waals surface area contributed by atoms with Crippen LogP contribution >= 0.6 is 0 Å². The van der Waals surface area contributed by atoms with Gasteiger partial charge in [-0.2, -0.15) is 0 Å². The summed E-state index contributed by atoms with van der Waals surface area (Å²) in [6, 6.07) is 0.287. The van der Waals surface area contributed by atoms with Gasteiger partial charge in [-0.1, -0.05) is 5.16 Å². The molecule has 1 aromatic rings. The lowest BCUT2D eigenvalue weighted by atomic mass is 10.2. The highest BCUT2D eigenvalue weighted by molar-refractivity contribution is 5.96. The number of anilines is 1. The van der Waals surface area contributed by atoms with Gasteiger partial charge in [0.15, 0.2) is 5.84 Å². The Morgan fingerprint density at radius 3 is 2.50 bits per heavy atom. The Balaban J connectivity index is 1.66. The fourth-order valence-electron chi connectivity index (χ4n) is 3.12. The Morgan fingerprint density at radius 1 is 1.33 bits per heavy atom. The number of nitrogens with two attached hydrogens (primary N) is 1. The van der Waals surface area contributed by atoms with E-state index in [1.165, 1.54) is 12.4 Å². The molecular weight excluding hydrogens is 312 g/mol. The van der Waals surface area contributed by atoms with E-state index in [0.29, 0.717) is 24.6 Å². The van der Waals surface area contributed by atoms with E-state index in [0.717, 1.165) is 6.42 Å². The number of aromatic nitrogens is 2. The second kappa shape index (κ2) is 5.81. The smallest absolute Gasteiger partial charge is 0.410 e. The molecule has 0 aliphatic carbocycles. The van der Waals surface area contributed by atoms with Crippen LogP contribution in [0.15, 0.2) is 17.5 Å². The molecular formula is C15H22N6O3. The van der Waals surface area contributed by atoms with Crippen molar-refractivity contribution in [2.24, 2.45) is 10.9 Å². The summed E-state index contributed by atoms with van der Waals surface area (Å²) in [4.78, 5) is 24.7. The molecule has 2 bridgehead atoms. The summed E-state index contributed by atoms with van der Waals surface area (Å²) in [7, 11) is 0. The van der Waals surface area contributed by atoms with Crippen molar-refractivity contribution in [2.75, 3.05) is 18.0 Å². The Hall–Kier alpha value is -2.58. The van der Waals surface area contributed by atoms with E-state index in [1.54, 1.807) is 4.90 Å². The van der Waals surface area contributed by atoms with Crippen molar-refractivity contribution in [1.82, 2.24) is 14.9 Å². The van der Waals surface area contributed by atoms with E-state index in [2.05, 4.69) is 20.0 Å². The monoisotopic (exact) mass is 334 g/mol. The molecule has 0 spiro atoms. The highest BCUT2D eigenvalue weighted by Crippen LogP contribution is 2.33. The summed E-state index contributed by atoms with van der Waals surface area (Å²) in [5.74, 6) is 0.557. The van der Waals surface area contributed by atoms with Crippen LogP contribution < -0.4 is 10.6 Å². The van der Waals surface area contributed by atoms with Crippen molar-refractivity contribution < 1.29 is 14.7 Å². The molecule has 3 N–H and O–H groups in total. The molecule has 2 aliphatic heterocycles. The Morgan fingerprint density at radius 2 is 2.00 bits per heavy atom. The molecule has 3 rings (SSSR count). The maximum absolute atomic E-state index is 12.2. The van der Waals surface area contributed by atoms with Crippen molar-refractivity contribution in [3.63, 3.8) is 0 Å². The molecule has 130 valence electrons. The molecule has 9 heteroatoms. The zero-order valence-corrected chi connectivity index (χ0v) is 14.0. The molecule has 2 fully saturated rings. The number of ether oxygens (including phenoxy) is 1. The predicted octanol–water partition coefficient (Wildman–Crippen LogP) is 0.769. The largest absolute Gasteiger partial charge is 0.444 e. The van der Waals surface area contributed by atoms with Crippen molar-refractivity contribution in [1.29, 1.82) is 0 Å². The van der Waals surface area contributed by atoms with Gasteiger partial charge in [-0.3, -0.25) is 0 Å². The normalized spacial score (nSPS) is 23.7. The number of carbonyl (C=O) groups is 1. The third-order valence-corrected chi connectivity index (χ3v) is 4.17. The molecule has 24 heavy (non-hydrogen) atoms. The molecule has 9 nitrogen and oxygen atoms in total. The van der Waals surface area contributed by atoms with Crippen molar-refractivity contribution in [2.45, 2.75) is 44.9 Å². The summed E-state index contributed by atoms with van der Waals surface area (Å²) < 4.78 is 5.46. The van der Waals surface area contributed by atoms with E-state index in [9.17, 15) is 4.79 Å². The van der Waals surface area contributed by atoms with E-state index >= 15 is 0 Å². The topological polar surface area (TPSA) is 117 Å². The zero-order valence-electron chi connectivity index (χ0n) is 14.0. The Bertz CT molecular complexity index is 654. The van der Waals surface area contributed by atoms with Gasteiger partial charge in [0, 0.05) is 25.5 Å². The van der Waals surface area contributed by atoms with Gasteiger partial charge in [0.25, 0.3) is 0 Å². The van der Waals surface area contributed by atoms with Crippen LogP contribution in [0.1, 0.15) is 32.8 Å². The number of piperazine rings is 1. The van der Waals surface area contributed by atoms with Gasteiger partial charge < -0.3 is 25.5 Å². The molecule has 2 atom stereocenters. The summed E-state index contributed by atoms with van der Waals surface area (Å²) in [5.41, 5.74) is 5.47. The number of fused-ring (bicyclic) bond motifs is 2. The summed E-state index contributed by atoms with van der Waals surface area (Å²) in [6.07, 6.45) is 3.66. The SMILES string of the molecule is CC(C)(C)OC(=O)N1CC2CC1CN2c1ncc(C(N)=NO)cn1. The highest BCUT2D eigenvalue weighted by Gasteiger charge is 2.47. The second-order valence-corrected chi connectivity index (χ2v) is 7.09. The first kappa shape index (κ1) is 16.3. The fraction of sp³-hybridized carbons (Fsp3) is 0.600. The van der Waals surface area contributed by atoms with Crippen molar-refractivity contribution in [3.05, 3.63) is 18.0 Å². The minimum absolute atomic E-state index is 0.0272. The first-order chi connectivity index (χ1) is 11.3. The molecule has 1 aromatic heterocycles. The summed E-state index contributed by atoms with van der Waals surface area (Å²) >= 11 is 0.